The first kappa shape index (κ1) is 14.7. The van der Waals surface area contributed by atoms with Gasteiger partial charge in [-0.3, -0.25) is 4.79 Å². The molecule has 0 atom stereocenters. The molecular formula is C16H14BrNO4. The molecule has 0 radical (unpaired) electrons. The van der Waals surface area contributed by atoms with Crippen LogP contribution in [0.15, 0.2) is 46.9 Å². The Morgan fingerprint density at radius 2 is 1.91 bits per heavy atom. The highest BCUT2D eigenvalue weighted by atomic mass is 79.9. The van der Waals surface area contributed by atoms with E-state index in [1.807, 2.05) is 18.2 Å². The van der Waals surface area contributed by atoms with Gasteiger partial charge in [-0.25, -0.2) is 0 Å². The number of hydrogen-bond acceptors (Lipinski definition) is 4. The molecule has 2 aromatic rings. The van der Waals surface area contributed by atoms with Crippen molar-refractivity contribution in [3.63, 3.8) is 0 Å². The number of rotatable bonds is 4. The van der Waals surface area contributed by atoms with Gasteiger partial charge in [-0.05, 0) is 36.4 Å². The smallest absolute Gasteiger partial charge is 0.262 e. The van der Waals surface area contributed by atoms with E-state index in [9.17, 15) is 4.79 Å². The van der Waals surface area contributed by atoms with Crippen LogP contribution in [0.3, 0.4) is 0 Å². The molecule has 114 valence electrons. The molecular weight excluding hydrogens is 350 g/mol. The number of nitrogens with one attached hydrogen (secondary N) is 1. The van der Waals surface area contributed by atoms with Crippen LogP contribution in [0, 0.1) is 0 Å². The van der Waals surface area contributed by atoms with Gasteiger partial charge in [0.2, 0.25) is 0 Å². The van der Waals surface area contributed by atoms with Gasteiger partial charge in [0.25, 0.3) is 5.91 Å². The monoisotopic (exact) mass is 363 g/mol. The van der Waals surface area contributed by atoms with Crippen molar-refractivity contribution >= 4 is 27.5 Å². The van der Waals surface area contributed by atoms with Crippen LogP contribution in [0.1, 0.15) is 0 Å². The van der Waals surface area contributed by atoms with Crippen LogP contribution in [0.4, 0.5) is 5.69 Å². The molecule has 0 saturated heterocycles. The van der Waals surface area contributed by atoms with Gasteiger partial charge in [-0.2, -0.15) is 0 Å². The molecule has 1 heterocycles. The second kappa shape index (κ2) is 6.70. The van der Waals surface area contributed by atoms with Crippen LogP contribution in [0.2, 0.25) is 0 Å². The lowest BCUT2D eigenvalue weighted by molar-refractivity contribution is -0.118. The van der Waals surface area contributed by atoms with Gasteiger partial charge in [0.05, 0.1) is 5.69 Å². The Morgan fingerprint density at radius 3 is 2.73 bits per heavy atom. The Labute approximate surface area is 136 Å². The summed E-state index contributed by atoms with van der Waals surface area (Å²) in [6, 6.07) is 12.7. The normalized spacial score (nSPS) is 12.6. The van der Waals surface area contributed by atoms with Crippen LogP contribution in [0.5, 0.6) is 17.2 Å². The molecule has 0 saturated carbocycles. The molecule has 2 aromatic carbocycles. The quantitative estimate of drug-likeness (QED) is 0.905. The molecule has 0 unspecified atom stereocenters. The molecule has 0 spiro atoms. The summed E-state index contributed by atoms with van der Waals surface area (Å²) in [5, 5.41) is 2.77. The molecule has 1 amide bonds. The highest BCUT2D eigenvalue weighted by molar-refractivity contribution is 9.10. The summed E-state index contributed by atoms with van der Waals surface area (Å²) in [7, 11) is 0. The number of carbonyl (C=O) groups is 1. The number of anilines is 1. The van der Waals surface area contributed by atoms with Crippen molar-refractivity contribution < 1.29 is 19.0 Å². The van der Waals surface area contributed by atoms with E-state index in [0.717, 1.165) is 4.47 Å². The van der Waals surface area contributed by atoms with Gasteiger partial charge in [0.1, 0.15) is 19.0 Å². The van der Waals surface area contributed by atoms with E-state index in [-0.39, 0.29) is 12.5 Å². The minimum absolute atomic E-state index is 0.0772. The largest absolute Gasteiger partial charge is 0.486 e. The summed E-state index contributed by atoms with van der Waals surface area (Å²) in [6.07, 6.45) is 0. The molecule has 0 bridgehead atoms. The number of benzene rings is 2. The van der Waals surface area contributed by atoms with E-state index in [1.54, 1.807) is 24.3 Å². The highest BCUT2D eigenvalue weighted by Gasteiger charge is 2.17. The van der Waals surface area contributed by atoms with Crippen molar-refractivity contribution in [2.75, 3.05) is 25.1 Å². The molecule has 1 N–H and O–H groups in total. The molecule has 0 aromatic heterocycles. The number of fused-ring (bicyclic) bond motifs is 1. The molecule has 1 aliphatic heterocycles. The second-order valence-electron chi connectivity index (χ2n) is 4.62. The number of hydrogen-bond donors (Lipinski definition) is 1. The highest BCUT2D eigenvalue weighted by Crippen LogP contribution is 2.37. The number of amides is 1. The first-order valence-corrected chi connectivity index (χ1v) is 7.58. The minimum Gasteiger partial charge on any atom is -0.486 e. The SMILES string of the molecule is O=C(COc1ccc(Br)cc1)Nc1cccc2c1OCCO2. The van der Waals surface area contributed by atoms with Crippen molar-refractivity contribution in [2.45, 2.75) is 0 Å². The zero-order valence-electron chi connectivity index (χ0n) is 11.7. The third-order valence-corrected chi connectivity index (χ3v) is 3.55. The fourth-order valence-electron chi connectivity index (χ4n) is 2.04. The summed E-state index contributed by atoms with van der Waals surface area (Å²) in [5.41, 5.74) is 0.585. The van der Waals surface area contributed by atoms with Crippen LogP contribution in [-0.4, -0.2) is 25.7 Å². The molecule has 22 heavy (non-hydrogen) atoms. The number of carbonyl (C=O) groups excluding carboxylic acids is 1. The van der Waals surface area contributed by atoms with Crippen LogP contribution in [0.25, 0.3) is 0 Å². The lowest BCUT2D eigenvalue weighted by Crippen LogP contribution is -2.22. The molecule has 5 nitrogen and oxygen atoms in total. The van der Waals surface area contributed by atoms with Crippen molar-refractivity contribution in [1.29, 1.82) is 0 Å². The van der Waals surface area contributed by atoms with E-state index < -0.39 is 0 Å². The van der Waals surface area contributed by atoms with Crippen molar-refractivity contribution in [3.8, 4) is 17.2 Å². The van der Waals surface area contributed by atoms with Crippen LogP contribution >= 0.6 is 15.9 Å². The minimum atomic E-state index is -0.259. The number of para-hydroxylation sites is 1. The lowest BCUT2D eigenvalue weighted by Gasteiger charge is -2.21. The Hall–Kier alpha value is -2.21. The van der Waals surface area contributed by atoms with Crippen molar-refractivity contribution in [1.82, 2.24) is 0 Å². The van der Waals surface area contributed by atoms with Gasteiger partial charge < -0.3 is 19.5 Å². The van der Waals surface area contributed by atoms with Crippen LogP contribution < -0.4 is 19.5 Å². The Kier molecular flexibility index (Phi) is 4.48. The first-order valence-electron chi connectivity index (χ1n) is 6.79. The average molecular weight is 364 g/mol. The summed E-state index contributed by atoms with van der Waals surface area (Å²) >= 11 is 3.34. The van der Waals surface area contributed by atoms with Gasteiger partial charge in [-0.1, -0.05) is 22.0 Å². The van der Waals surface area contributed by atoms with E-state index in [2.05, 4.69) is 21.2 Å². The average Bonchev–Trinajstić information content (AvgIpc) is 2.55. The molecule has 3 rings (SSSR count). The zero-order valence-corrected chi connectivity index (χ0v) is 13.3. The first-order chi connectivity index (χ1) is 10.7. The van der Waals surface area contributed by atoms with Gasteiger partial charge in [0.15, 0.2) is 18.1 Å². The van der Waals surface area contributed by atoms with E-state index in [1.165, 1.54) is 0 Å². The maximum absolute atomic E-state index is 12.0. The summed E-state index contributed by atoms with van der Waals surface area (Å²) in [5.74, 6) is 1.57. The maximum Gasteiger partial charge on any atom is 0.262 e. The summed E-state index contributed by atoms with van der Waals surface area (Å²) in [4.78, 5) is 12.0. The van der Waals surface area contributed by atoms with Gasteiger partial charge in [0, 0.05) is 4.47 Å². The van der Waals surface area contributed by atoms with E-state index in [4.69, 9.17) is 14.2 Å². The Balaban J connectivity index is 1.61. The molecule has 6 heteroatoms. The number of halogens is 1. The van der Waals surface area contributed by atoms with Gasteiger partial charge >= 0.3 is 0 Å². The molecule has 1 aliphatic rings. The van der Waals surface area contributed by atoms with Crippen molar-refractivity contribution in [2.24, 2.45) is 0 Å². The summed E-state index contributed by atoms with van der Waals surface area (Å²) < 4.78 is 17.4. The number of ether oxygens (including phenoxy) is 3. The Bertz CT molecular complexity index is 672. The van der Waals surface area contributed by atoms with Crippen LogP contribution in [-0.2, 0) is 4.79 Å². The fourth-order valence-corrected chi connectivity index (χ4v) is 2.30. The van der Waals surface area contributed by atoms with E-state index >= 15 is 0 Å². The third kappa shape index (κ3) is 3.51. The standard InChI is InChI=1S/C16H14BrNO4/c17-11-4-6-12(7-5-11)22-10-15(19)18-13-2-1-3-14-16(13)21-9-8-20-14/h1-7H,8-10H2,(H,18,19). The predicted molar refractivity (Wildman–Crippen MR) is 85.7 cm³/mol. The molecule has 0 aliphatic carbocycles. The Morgan fingerprint density at radius 1 is 1.14 bits per heavy atom. The van der Waals surface area contributed by atoms with Gasteiger partial charge in [-0.15, -0.1) is 0 Å². The van der Waals surface area contributed by atoms with Crippen molar-refractivity contribution in [3.05, 3.63) is 46.9 Å². The third-order valence-electron chi connectivity index (χ3n) is 3.02. The fraction of sp³-hybridized carbons (Fsp3) is 0.188. The maximum atomic E-state index is 12.0. The van der Waals surface area contributed by atoms with E-state index in [0.29, 0.717) is 36.1 Å². The predicted octanol–water partition coefficient (Wildman–Crippen LogP) is 3.24. The lowest BCUT2D eigenvalue weighted by atomic mass is 10.2. The summed E-state index contributed by atoms with van der Waals surface area (Å²) in [6.45, 7) is 0.901. The molecule has 0 fully saturated rings. The zero-order chi connectivity index (χ0) is 15.4. The second-order valence-corrected chi connectivity index (χ2v) is 5.54. The topological polar surface area (TPSA) is 56.8 Å².